The highest BCUT2D eigenvalue weighted by Crippen LogP contribution is 2.19. The number of anilines is 1. The monoisotopic (exact) mass is 358 g/mol. The molecule has 1 aromatic rings. The number of benzene rings is 1. The summed E-state index contributed by atoms with van der Waals surface area (Å²) in [4.78, 5) is 31.1. The Morgan fingerprint density at radius 1 is 1.00 bits per heavy atom. The standard InChI is InChI=1S/C20H30N4O2/c1-16-7-9-24(10-8-16)20(26)17-3-5-18(6-4-17)21-19(25)15-23-13-11-22(2)12-14-23/h3-6,16H,7-15H2,1-2H3,(H,21,25). The van der Waals surface area contributed by atoms with Gasteiger partial charge in [-0.1, -0.05) is 6.92 Å². The average Bonchev–Trinajstić information content (AvgIpc) is 2.64. The summed E-state index contributed by atoms with van der Waals surface area (Å²) < 4.78 is 0. The van der Waals surface area contributed by atoms with Crippen molar-refractivity contribution in [1.29, 1.82) is 0 Å². The first-order chi connectivity index (χ1) is 12.5. The summed E-state index contributed by atoms with van der Waals surface area (Å²) in [7, 11) is 2.10. The minimum atomic E-state index is -0.00125. The van der Waals surface area contributed by atoms with Crippen LogP contribution in [0.25, 0.3) is 0 Å². The highest BCUT2D eigenvalue weighted by molar-refractivity contribution is 5.96. The molecule has 2 amide bonds. The highest BCUT2D eigenvalue weighted by atomic mass is 16.2. The van der Waals surface area contributed by atoms with E-state index < -0.39 is 0 Å². The second-order valence-corrected chi connectivity index (χ2v) is 7.68. The quantitative estimate of drug-likeness (QED) is 0.891. The summed E-state index contributed by atoms with van der Waals surface area (Å²) in [6.07, 6.45) is 2.15. The first kappa shape index (κ1) is 18.9. The number of carbonyl (C=O) groups excluding carboxylic acids is 2. The molecule has 2 heterocycles. The maximum Gasteiger partial charge on any atom is 0.253 e. The predicted molar refractivity (Wildman–Crippen MR) is 103 cm³/mol. The van der Waals surface area contributed by atoms with Crippen molar-refractivity contribution in [3.8, 4) is 0 Å². The molecule has 6 heteroatoms. The third kappa shape index (κ3) is 5.05. The van der Waals surface area contributed by atoms with Gasteiger partial charge >= 0.3 is 0 Å². The first-order valence-corrected chi connectivity index (χ1v) is 9.61. The van der Waals surface area contributed by atoms with Crippen LogP contribution >= 0.6 is 0 Å². The van der Waals surface area contributed by atoms with E-state index >= 15 is 0 Å². The van der Waals surface area contributed by atoms with Crippen LogP contribution in [-0.2, 0) is 4.79 Å². The summed E-state index contributed by atoms with van der Waals surface area (Å²) in [5.74, 6) is 0.794. The molecule has 142 valence electrons. The van der Waals surface area contributed by atoms with Gasteiger partial charge in [0.2, 0.25) is 5.91 Å². The largest absolute Gasteiger partial charge is 0.339 e. The topological polar surface area (TPSA) is 55.9 Å². The van der Waals surface area contributed by atoms with Gasteiger partial charge in [0, 0.05) is 50.5 Å². The molecule has 0 spiro atoms. The molecule has 6 nitrogen and oxygen atoms in total. The van der Waals surface area contributed by atoms with Gasteiger partial charge in [-0.05, 0) is 50.1 Å². The Kier molecular flexibility index (Phi) is 6.27. The van der Waals surface area contributed by atoms with Gasteiger partial charge in [0.05, 0.1) is 6.54 Å². The van der Waals surface area contributed by atoms with Crippen LogP contribution in [0.4, 0.5) is 5.69 Å². The van der Waals surface area contributed by atoms with Gasteiger partial charge in [0.15, 0.2) is 0 Å². The van der Waals surface area contributed by atoms with E-state index in [1.54, 1.807) is 0 Å². The van der Waals surface area contributed by atoms with E-state index in [2.05, 4.69) is 29.1 Å². The SMILES string of the molecule is CC1CCN(C(=O)c2ccc(NC(=O)CN3CCN(C)CC3)cc2)CC1. The number of nitrogens with one attached hydrogen (secondary N) is 1. The molecule has 2 saturated heterocycles. The van der Waals surface area contributed by atoms with Crippen LogP contribution in [0.2, 0.25) is 0 Å². The number of rotatable bonds is 4. The molecule has 0 saturated carbocycles. The molecule has 0 radical (unpaired) electrons. The lowest BCUT2D eigenvalue weighted by atomic mass is 9.98. The Morgan fingerprint density at radius 3 is 2.23 bits per heavy atom. The fourth-order valence-electron chi connectivity index (χ4n) is 3.50. The molecule has 0 bridgehead atoms. The summed E-state index contributed by atoms with van der Waals surface area (Å²) >= 11 is 0. The van der Waals surface area contributed by atoms with Crippen molar-refractivity contribution < 1.29 is 9.59 Å². The highest BCUT2D eigenvalue weighted by Gasteiger charge is 2.21. The van der Waals surface area contributed by atoms with Crippen LogP contribution in [0.3, 0.4) is 0 Å². The Hall–Kier alpha value is -1.92. The third-order valence-corrected chi connectivity index (χ3v) is 5.45. The number of hydrogen-bond acceptors (Lipinski definition) is 4. The number of hydrogen-bond donors (Lipinski definition) is 1. The fraction of sp³-hybridized carbons (Fsp3) is 0.600. The van der Waals surface area contributed by atoms with E-state index in [4.69, 9.17) is 0 Å². The van der Waals surface area contributed by atoms with Crippen LogP contribution < -0.4 is 5.32 Å². The zero-order valence-corrected chi connectivity index (χ0v) is 15.9. The Morgan fingerprint density at radius 2 is 1.62 bits per heavy atom. The molecular formula is C20H30N4O2. The minimum absolute atomic E-state index is 0.00125. The van der Waals surface area contributed by atoms with Gasteiger partial charge in [-0.25, -0.2) is 0 Å². The predicted octanol–water partition coefficient (Wildman–Crippen LogP) is 1.74. The molecule has 2 fully saturated rings. The van der Waals surface area contributed by atoms with Gasteiger partial charge in [-0.2, -0.15) is 0 Å². The number of nitrogens with zero attached hydrogens (tertiary/aromatic N) is 3. The zero-order valence-electron chi connectivity index (χ0n) is 15.9. The number of piperidine rings is 1. The zero-order chi connectivity index (χ0) is 18.5. The summed E-state index contributed by atoms with van der Waals surface area (Å²) in [5, 5.41) is 2.93. The van der Waals surface area contributed by atoms with Crippen molar-refractivity contribution in [2.24, 2.45) is 5.92 Å². The maximum absolute atomic E-state index is 12.6. The van der Waals surface area contributed by atoms with E-state index in [0.717, 1.165) is 57.8 Å². The molecule has 2 aliphatic rings. The average molecular weight is 358 g/mol. The van der Waals surface area contributed by atoms with Crippen LogP contribution in [-0.4, -0.2) is 79.4 Å². The molecule has 2 aliphatic heterocycles. The van der Waals surface area contributed by atoms with E-state index in [1.807, 2.05) is 29.2 Å². The third-order valence-electron chi connectivity index (χ3n) is 5.45. The van der Waals surface area contributed by atoms with Crippen molar-refractivity contribution in [1.82, 2.24) is 14.7 Å². The van der Waals surface area contributed by atoms with Gasteiger partial charge < -0.3 is 15.1 Å². The molecule has 1 aromatic carbocycles. The Bertz CT molecular complexity index is 615. The van der Waals surface area contributed by atoms with Crippen molar-refractivity contribution in [2.45, 2.75) is 19.8 Å². The Labute approximate surface area is 156 Å². The maximum atomic E-state index is 12.6. The lowest BCUT2D eigenvalue weighted by molar-refractivity contribution is -0.117. The second kappa shape index (κ2) is 8.64. The van der Waals surface area contributed by atoms with Crippen LogP contribution in [0.15, 0.2) is 24.3 Å². The number of likely N-dealkylation sites (tertiary alicyclic amines) is 1. The van der Waals surface area contributed by atoms with Crippen molar-refractivity contribution in [3.05, 3.63) is 29.8 Å². The molecule has 3 rings (SSSR count). The molecular weight excluding hydrogens is 328 g/mol. The van der Waals surface area contributed by atoms with Crippen LogP contribution in [0.1, 0.15) is 30.1 Å². The summed E-state index contributed by atoms with van der Waals surface area (Å²) in [6, 6.07) is 7.26. The number of carbonyl (C=O) groups is 2. The van der Waals surface area contributed by atoms with E-state index in [9.17, 15) is 9.59 Å². The van der Waals surface area contributed by atoms with E-state index in [0.29, 0.717) is 18.0 Å². The molecule has 26 heavy (non-hydrogen) atoms. The molecule has 1 N–H and O–H groups in total. The minimum Gasteiger partial charge on any atom is -0.339 e. The number of likely N-dealkylation sites (N-methyl/N-ethyl adjacent to an activating group) is 1. The van der Waals surface area contributed by atoms with Gasteiger partial charge in [-0.3, -0.25) is 14.5 Å². The normalized spacial score (nSPS) is 20.2. The Balaban J connectivity index is 1.49. The molecule has 0 aromatic heterocycles. The van der Waals surface area contributed by atoms with Crippen LogP contribution in [0, 0.1) is 5.92 Å². The molecule has 0 atom stereocenters. The van der Waals surface area contributed by atoms with Crippen LogP contribution in [0.5, 0.6) is 0 Å². The summed E-state index contributed by atoms with van der Waals surface area (Å²) in [6.45, 7) is 8.17. The smallest absolute Gasteiger partial charge is 0.253 e. The van der Waals surface area contributed by atoms with E-state index in [1.165, 1.54) is 0 Å². The van der Waals surface area contributed by atoms with Crippen molar-refractivity contribution >= 4 is 17.5 Å². The molecule has 0 aliphatic carbocycles. The lowest BCUT2D eigenvalue weighted by Crippen LogP contribution is -2.47. The molecule has 0 unspecified atom stereocenters. The van der Waals surface area contributed by atoms with Gasteiger partial charge in [0.25, 0.3) is 5.91 Å². The van der Waals surface area contributed by atoms with Crippen molar-refractivity contribution in [2.75, 3.05) is 58.2 Å². The second-order valence-electron chi connectivity index (χ2n) is 7.68. The van der Waals surface area contributed by atoms with Crippen molar-refractivity contribution in [3.63, 3.8) is 0 Å². The first-order valence-electron chi connectivity index (χ1n) is 9.61. The lowest BCUT2D eigenvalue weighted by Gasteiger charge is -2.31. The fourth-order valence-corrected chi connectivity index (χ4v) is 3.50. The van der Waals surface area contributed by atoms with Gasteiger partial charge in [-0.15, -0.1) is 0 Å². The number of piperazine rings is 1. The summed E-state index contributed by atoms with van der Waals surface area (Å²) in [5.41, 5.74) is 1.43. The number of amides is 2. The van der Waals surface area contributed by atoms with Gasteiger partial charge in [0.1, 0.15) is 0 Å². The van der Waals surface area contributed by atoms with E-state index in [-0.39, 0.29) is 11.8 Å².